The number of ether oxygens (including phenoxy) is 2. The Morgan fingerprint density at radius 2 is 2.03 bits per heavy atom. The zero-order valence-electron chi connectivity index (χ0n) is 19.8. The van der Waals surface area contributed by atoms with E-state index in [9.17, 15) is 15.4 Å². The number of aliphatic imine (C=N–C) groups is 1. The number of nitrogens with zero attached hydrogens (tertiary/aromatic N) is 5. The van der Waals surface area contributed by atoms with Crippen molar-refractivity contribution >= 4 is 29.0 Å². The van der Waals surface area contributed by atoms with E-state index < -0.39 is 11.0 Å². The van der Waals surface area contributed by atoms with Crippen LogP contribution < -0.4 is 31.6 Å². The van der Waals surface area contributed by atoms with E-state index in [0.717, 1.165) is 0 Å². The summed E-state index contributed by atoms with van der Waals surface area (Å²) in [6.45, 7) is 1.71. The summed E-state index contributed by atoms with van der Waals surface area (Å²) in [5, 5.41) is 35.0. The highest BCUT2D eigenvalue weighted by Gasteiger charge is 2.30. The lowest BCUT2D eigenvalue weighted by Gasteiger charge is -2.26. The molecule has 2 heterocycles. The molecule has 1 aliphatic heterocycles. The number of benzene rings is 2. The lowest BCUT2D eigenvalue weighted by molar-refractivity contribution is -0.385. The second-order valence-electron chi connectivity index (χ2n) is 7.97. The molecule has 3 aromatic rings. The molecule has 1 aromatic heterocycles. The van der Waals surface area contributed by atoms with Crippen molar-refractivity contribution in [1.29, 1.82) is 10.5 Å². The molecule has 0 aliphatic carbocycles. The second kappa shape index (κ2) is 9.97. The summed E-state index contributed by atoms with van der Waals surface area (Å²) in [7, 11) is 1.52. The second-order valence-corrected chi connectivity index (χ2v) is 7.97. The van der Waals surface area contributed by atoms with E-state index in [-0.39, 0.29) is 41.1 Å². The minimum absolute atomic E-state index is 0.000260. The SMILES string of the molecule is COc1ccc(C2N=C(NC#N)Nc3nc(N)c(C#N)c(N)c32)cc1COc1ccc([N+](=O)[O-])c(C)c1. The van der Waals surface area contributed by atoms with Crippen LogP contribution in [0.15, 0.2) is 41.4 Å². The van der Waals surface area contributed by atoms with Crippen LogP contribution in [0.4, 0.5) is 23.0 Å². The number of pyridine rings is 1. The van der Waals surface area contributed by atoms with Gasteiger partial charge in [-0.05, 0) is 36.8 Å². The number of nitriles is 2. The van der Waals surface area contributed by atoms with Crippen LogP contribution in [0.1, 0.15) is 33.9 Å². The Morgan fingerprint density at radius 3 is 2.68 bits per heavy atom. The first-order valence-electron chi connectivity index (χ1n) is 10.8. The molecule has 186 valence electrons. The van der Waals surface area contributed by atoms with Gasteiger partial charge < -0.3 is 26.3 Å². The van der Waals surface area contributed by atoms with Crippen molar-refractivity contribution in [1.82, 2.24) is 10.3 Å². The summed E-state index contributed by atoms with van der Waals surface area (Å²) in [5.41, 5.74) is 14.6. The molecular weight excluding hydrogens is 478 g/mol. The summed E-state index contributed by atoms with van der Waals surface area (Å²) in [5.74, 6) is 1.33. The van der Waals surface area contributed by atoms with E-state index in [1.165, 1.54) is 19.2 Å². The zero-order valence-corrected chi connectivity index (χ0v) is 19.8. The average Bonchev–Trinajstić information content (AvgIpc) is 2.87. The third kappa shape index (κ3) is 4.69. The fraction of sp³-hybridized carbons (Fsp3) is 0.167. The van der Waals surface area contributed by atoms with Crippen LogP contribution in [0, 0.1) is 39.8 Å². The van der Waals surface area contributed by atoms with Gasteiger partial charge in [0.15, 0.2) is 6.19 Å². The normalized spacial score (nSPS) is 13.7. The lowest BCUT2D eigenvalue weighted by atomic mass is 9.94. The van der Waals surface area contributed by atoms with E-state index in [1.807, 2.05) is 12.3 Å². The van der Waals surface area contributed by atoms with Crippen LogP contribution in [0.2, 0.25) is 0 Å². The number of nitro benzene ring substituents is 1. The van der Waals surface area contributed by atoms with Crippen molar-refractivity contribution in [3.63, 3.8) is 0 Å². The lowest BCUT2D eigenvalue weighted by Crippen LogP contribution is -2.32. The van der Waals surface area contributed by atoms with Crippen molar-refractivity contribution in [2.75, 3.05) is 23.9 Å². The molecule has 0 spiro atoms. The van der Waals surface area contributed by atoms with Gasteiger partial charge in [0.05, 0.1) is 17.7 Å². The number of nitrogens with one attached hydrogen (secondary N) is 2. The molecule has 0 amide bonds. The number of nitrogens with two attached hydrogens (primary N) is 2. The Balaban J connectivity index is 1.74. The molecule has 0 saturated carbocycles. The number of guanidine groups is 1. The van der Waals surface area contributed by atoms with Gasteiger partial charge in [-0.1, -0.05) is 6.07 Å². The number of rotatable bonds is 6. The Hall–Kier alpha value is -5.56. The first-order valence-corrected chi connectivity index (χ1v) is 10.8. The molecule has 1 unspecified atom stereocenters. The van der Waals surface area contributed by atoms with E-state index in [0.29, 0.717) is 33.8 Å². The number of fused-ring (bicyclic) bond motifs is 1. The maximum absolute atomic E-state index is 11.1. The van der Waals surface area contributed by atoms with Crippen molar-refractivity contribution in [2.24, 2.45) is 4.99 Å². The molecule has 6 N–H and O–H groups in total. The maximum atomic E-state index is 11.1. The number of nitrogen functional groups attached to an aromatic ring is 2. The number of aromatic nitrogens is 1. The zero-order chi connectivity index (χ0) is 26.7. The van der Waals surface area contributed by atoms with Gasteiger partial charge in [-0.2, -0.15) is 10.5 Å². The number of aryl methyl sites for hydroxylation is 1. The van der Waals surface area contributed by atoms with Crippen LogP contribution in [0.5, 0.6) is 11.5 Å². The van der Waals surface area contributed by atoms with E-state index >= 15 is 0 Å². The van der Waals surface area contributed by atoms with Crippen LogP contribution >= 0.6 is 0 Å². The molecule has 0 radical (unpaired) electrons. The van der Waals surface area contributed by atoms with Crippen LogP contribution in [0.25, 0.3) is 0 Å². The largest absolute Gasteiger partial charge is 0.496 e. The summed E-state index contributed by atoms with van der Waals surface area (Å²) in [6, 6.07) is 11.0. The summed E-state index contributed by atoms with van der Waals surface area (Å²) in [4.78, 5) is 19.4. The van der Waals surface area contributed by atoms with Crippen LogP contribution in [-0.4, -0.2) is 23.0 Å². The van der Waals surface area contributed by atoms with Crippen molar-refractivity contribution < 1.29 is 14.4 Å². The van der Waals surface area contributed by atoms with Gasteiger partial charge in [-0.3, -0.25) is 15.4 Å². The number of anilines is 3. The number of methoxy groups -OCH3 is 1. The van der Waals surface area contributed by atoms with Gasteiger partial charge in [-0.15, -0.1) is 0 Å². The average molecular weight is 499 g/mol. The molecule has 13 heteroatoms. The molecule has 0 saturated heterocycles. The molecule has 1 aliphatic rings. The smallest absolute Gasteiger partial charge is 0.272 e. The highest BCUT2D eigenvalue weighted by molar-refractivity contribution is 5.98. The standard InChI is InChI=1S/C24H21N9O4/c1-12-7-15(4-5-17(12)33(34)35)37-10-14-8-13(3-6-18(14)36-2)21-19-20(27)16(9-25)22(28)31-23(19)32-24(30-21)29-11-26/h3-8,21H,10H2,1-2H3,(H6,27,28,29,30,31,32). The third-order valence-electron chi connectivity index (χ3n) is 5.74. The molecule has 1 atom stereocenters. The fourth-order valence-electron chi connectivity index (χ4n) is 3.99. The first-order chi connectivity index (χ1) is 17.8. The summed E-state index contributed by atoms with van der Waals surface area (Å²) in [6.07, 6.45) is 1.81. The Bertz CT molecular complexity index is 1520. The van der Waals surface area contributed by atoms with Crippen LogP contribution in [-0.2, 0) is 6.61 Å². The maximum Gasteiger partial charge on any atom is 0.272 e. The van der Waals surface area contributed by atoms with E-state index in [1.54, 1.807) is 31.2 Å². The Kier molecular flexibility index (Phi) is 6.62. The third-order valence-corrected chi connectivity index (χ3v) is 5.74. The molecule has 4 rings (SSSR count). The summed E-state index contributed by atoms with van der Waals surface area (Å²) >= 11 is 0. The Morgan fingerprint density at radius 1 is 1.24 bits per heavy atom. The first kappa shape index (κ1) is 24.6. The van der Waals surface area contributed by atoms with Gasteiger partial charge in [0.1, 0.15) is 47.4 Å². The monoisotopic (exact) mass is 499 g/mol. The quantitative estimate of drug-likeness (QED) is 0.167. The number of hydrogen-bond acceptors (Lipinski definition) is 12. The number of nitro groups is 1. The number of hydrogen-bond donors (Lipinski definition) is 4. The molecule has 13 nitrogen and oxygen atoms in total. The predicted molar refractivity (Wildman–Crippen MR) is 135 cm³/mol. The van der Waals surface area contributed by atoms with Gasteiger partial charge in [-0.25, -0.2) is 9.98 Å². The molecule has 2 aromatic carbocycles. The molecule has 0 fully saturated rings. The molecule has 0 bridgehead atoms. The highest BCUT2D eigenvalue weighted by Crippen LogP contribution is 2.41. The van der Waals surface area contributed by atoms with Crippen molar-refractivity contribution in [3.05, 3.63) is 74.3 Å². The summed E-state index contributed by atoms with van der Waals surface area (Å²) < 4.78 is 11.4. The minimum atomic E-state index is -0.737. The van der Waals surface area contributed by atoms with Crippen molar-refractivity contribution in [2.45, 2.75) is 19.6 Å². The van der Waals surface area contributed by atoms with Gasteiger partial charge in [0.25, 0.3) is 5.69 Å². The van der Waals surface area contributed by atoms with Crippen molar-refractivity contribution in [3.8, 4) is 23.8 Å². The van der Waals surface area contributed by atoms with Gasteiger partial charge in [0, 0.05) is 22.8 Å². The van der Waals surface area contributed by atoms with E-state index in [4.69, 9.17) is 26.2 Å². The highest BCUT2D eigenvalue weighted by atomic mass is 16.6. The molecule has 37 heavy (non-hydrogen) atoms. The topological polar surface area (TPSA) is 211 Å². The minimum Gasteiger partial charge on any atom is -0.496 e. The Labute approximate surface area is 211 Å². The van der Waals surface area contributed by atoms with Crippen LogP contribution in [0.3, 0.4) is 0 Å². The van der Waals surface area contributed by atoms with Gasteiger partial charge in [0.2, 0.25) is 5.96 Å². The fourth-order valence-corrected chi connectivity index (χ4v) is 3.99. The molecular formula is C24H21N9O4. The van der Waals surface area contributed by atoms with E-state index in [2.05, 4.69) is 20.6 Å². The van der Waals surface area contributed by atoms with Gasteiger partial charge >= 0.3 is 0 Å². The predicted octanol–water partition coefficient (Wildman–Crippen LogP) is 2.86.